The van der Waals surface area contributed by atoms with Crippen molar-refractivity contribution in [2.75, 3.05) is 32.8 Å². The zero-order valence-electron chi connectivity index (χ0n) is 16.5. The van der Waals surface area contributed by atoms with Crippen LogP contribution in [0.25, 0.3) is 5.57 Å². The first-order chi connectivity index (χ1) is 13.7. The molecule has 4 nitrogen and oxygen atoms in total. The highest BCUT2D eigenvalue weighted by Gasteiger charge is 2.19. The quantitative estimate of drug-likeness (QED) is 0.865. The Kier molecular flexibility index (Phi) is 6.82. The predicted octanol–water partition coefficient (Wildman–Crippen LogP) is 4.11. The van der Waals surface area contributed by atoms with Gasteiger partial charge in [-0.05, 0) is 56.1 Å². The number of amides is 1. The minimum Gasteiger partial charge on any atom is -0.492 e. The minimum absolute atomic E-state index is 0.110. The fourth-order valence-corrected chi connectivity index (χ4v) is 3.41. The lowest BCUT2D eigenvalue weighted by Crippen LogP contribution is -2.31. The van der Waals surface area contributed by atoms with Gasteiger partial charge in [0.15, 0.2) is 0 Å². The van der Waals surface area contributed by atoms with Gasteiger partial charge in [-0.1, -0.05) is 30.3 Å². The molecule has 28 heavy (non-hydrogen) atoms. The number of carbonyl (C=O) groups is 1. The molecule has 1 aliphatic heterocycles. The number of benzene rings is 2. The van der Waals surface area contributed by atoms with Crippen LogP contribution in [0.4, 0.5) is 4.39 Å². The van der Waals surface area contributed by atoms with Crippen LogP contribution >= 0.6 is 0 Å². The lowest BCUT2D eigenvalue weighted by atomic mass is 9.94. The van der Waals surface area contributed by atoms with E-state index in [1.54, 1.807) is 11.0 Å². The van der Waals surface area contributed by atoms with Crippen LogP contribution in [0.5, 0.6) is 5.75 Å². The number of rotatable bonds is 4. The number of hydrogen-bond acceptors (Lipinski definition) is 3. The van der Waals surface area contributed by atoms with Crippen molar-refractivity contribution >= 4 is 11.5 Å². The molecule has 0 fully saturated rings. The summed E-state index contributed by atoms with van der Waals surface area (Å²) in [6.07, 6.45) is 2.92. The summed E-state index contributed by atoms with van der Waals surface area (Å²) in [4.78, 5) is 14.2. The first kappa shape index (κ1) is 20.1. The molecule has 148 valence electrons. The molecule has 1 amide bonds. The summed E-state index contributed by atoms with van der Waals surface area (Å²) in [6, 6.07) is 12.7. The van der Waals surface area contributed by atoms with Gasteiger partial charge in [-0.2, -0.15) is 0 Å². The Morgan fingerprint density at radius 1 is 1.14 bits per heavy atom. The van der Waals surface area contributed by atoms with Crippen LogP contribution in [0.1, 0.15) is 41.8 Å². The molecule has 2 aromatic rings. The lowest BCUT2D eigenvalue weighted by Gasteiger charge is -2.20. The van der Waals surface area contributed by atoms with Crippen LogP contribution in [-0.4, -0.2) is 43.6 Å². The molecule has 0 unspecified atom stereocenters. The Morgan fingerprint density at radius 3 is 2.68 bits per heavy atom. The molecule has 0 aliphatic carbocycles. The van der Waals surface area contributed by atoms with Gasteiger partial charge >= 0.3 is 0 Å². The summed E-state index contributed by atoms with van der Waals surface area (Å²) in [6.45, 7) is 7.09. The highest BCUT2D eigenvalue weighted by Crippen LogP contribution is 2.32. The Labute approximate surface area is 166 Å². The molecule has 0 spiro atoms. The maximum absolute atomic E-state index is 14.9. The predicted molar refractivity (Wildman–Crippen MR) is 110 cm³/mol. The normalized spacial score (nSPS) is 16.3. The van der Waals surface area contributed by atoms with Crippen molar-refractivity contribution in [2.24, 2.45) is 0 Å². The molecule has 1 N–H and O–H groups in total. The van der Waals surface area contributed by atoms with Gasteiger partial charge in [-0.25, -0.2) is 4.39 Å². The molecule has 3 rings (SSSR count). The summed E-state index contributed by atoms with van der Waals surface area (Å²) in [5.41, 5.74) is 2.70. The number of nitrogens with zero attached hydrogens (tertiary/aromatic N) is 1. The maximum atomic E-state index is 14.9. The second kappa shape index (κ2) is 9.51. The topological polar surface area (TPSA) is 41.6 Å². The molecule has 0 radical (unpaired) electrons. The van der Waals surface area contributed by atoms with Crippen LogP contribution in [0.3, 0.4) is 0 Å². The number of halogens is 1. The number of fused-ring (bicyclic) bond motifs is 1. The summed E-state index contributed by atoms with van der Waals surface area (Å²) in [5.74, 6) is 0.00647. The standard InChI is InChI=1S/C23H27FN2O2/c1-3-26(4-2)23(27)20-12-11-17(16-21(20)24)18-9-7-13-25-14-15-28-22-10-6-5-8-19(18)22/h5-6,8-12,16,25H,3-4,7,13-15H2,1-2H3/b18-9-. The van der Waals surface area contributed by atoms with Crippen LogP contribution in [-0.2, 0) is 0 Å². The molecule has 1 heterocycles. The molecule has 0 saturated carbocycles. The Hall–Kier alpha value is -2.66. The molecule has 5 heteroatoms. The molecule has 2 aromatic carbocycles. The van der Waals surface area contributed by atoms with Gasteiger partial charge in [-0.15, -0.1) is 0 Å². The van der Waals surface area contributed by atoms with Gasteiger partial charge in [0.05, 0.1) is 5.56 Å². The smallest absolute Gasteiger partial charge is 0.256 e. The van der Waals surface area contributed by atoms with Crippen LogP contribution in [0.15, 0.2) is 48.5 Å². The molecular weight excluding hydrogens is 355 g/mol. The average Bonchev–Trinajstić information content (AvgIpc) is 2.72. The summed E-state index contributed by atoms with van der Waals surface area (Å²) in [7, 11) is 0. The number of ether oxygens (including phenoxy) is 1. The number of carbonyl (C=O) groups excluding carboxylic acids is 1. The summed E-state index contributed by atoms with van der Waals surface area (Å²) in [5, 5.41) is 3.32. The third-order valence-corrected chi connectivity index (χ3v) is 4.94. The fraction of sp³-hybridized carbons (Fsp3) is 0.348. The van der Waals surface area contributed by atoms with Crippen LogP contribution in [0.2, 0.25) is 0 Å². The van der Waals surface area contributed by atoms with Gasteiger partial charge in [-0.3, -0.25) is 4.79 Å². The van der Waals surface area contributed by atoms with E-state index in [-0.39, 0.29) is 11.5 Å². The van der Waals surface area contributed by atoms with Gasteiger partial charge in [0.1, 0.15) is 18.2 Å². The number of para-hydroxylation sites is 1. The first-order valence-electron chi connectivity index (χ1n) is 9.88. The molecule has 0 bridgehead atoms. The Bertz CT molecular complexity index is 859. The van der Waals surface area contributed by atoms with E-state index in [0.717, 1.165) is 42.0 Å². The fourth-order valence-electron chi connectivity index (χ4n) is 3.41. The van der Waals surface area contributed by atoms with E-state index < -0.39 is 5.82 Å². The van der Waals surface area contributed by atoms with E-state index in [2.05, 4.69) is 11.4 Å². The monoisotopic (exact) mass is 382 g/mol. The summed E-state index contributed by atoms with van der Waals surface area (Å²) >= 11 is 0. The second-order valence-corrected chi connectivity index (χ2v) is 6.67. The van der Waals surface area contributed by atoms with Crippen LogP contribution in [0, 0.1) is 5.82 Å². The lowest BCUT2D eigenvalue weighted by molar-refractivity contribution is 0.0768. The highest BCUT2D eigenvalue weighted by atomic mass is 19.1. The van der Waals surface area contributed by atoms with E-state index >= 15 is 0 Å². The van der Waals surface area contributed by atoms with Crippen molar-refractivity contribution in [3.8, 4) is 5.75 Å². The minimum atomic E-state index is -0.496. The van der Waals surface area contributed by atoms with Crippen molar-refractivity contribution in [2.45, 2.75) is 20.3 Å². The highest BCUT2D eigenvalue weighted by molar-refractivity contribution is 5.95. The van der Waals surface area contributed by atoms with Crippen molar-refractivity contribution in [1.29, 1.82) is 0 Å². The van der Waals surface area contributed by atoms with Crippen molar-refractivity contribution in [3.05, 3.63) is 71.0 Å². The van der Waals surface area contributed by atoms with Crippen molar-refractivity contribution < 1.29 is 13.9 Å². The van der Waals surface area contributed by atoms with E-state index in [0.29, 0.717) is 19.7 Å². The van der Waals surface area contributed by atoms with Crippen molar-refractivity contribution in [3.63, 3.8) is 0 Å². The molecular formula is C23H27FN2O2. The van der Waals surface area contributed by atoms with Gasteiger partial charge < -0.3 is 15.0 Å². The zero-order chi connectivity index (χ0) is 19.9. The molecule has 0 aromatic heterocycles. The molecule has 0 atom stereocenters. The number of hydrogen-bond donors (Lipinski definition) is 1. The Morgan fingerprint density at radius 2 is 1.93 bits per heavy atom. The van der Waals surface area contributed by atoms with E-state index in [4.69, 9.17) is 4.74 Å². The molecule has 1 aliphatic rings. The third-order valence-electron chi connectivity index (χ3n) is 4.94. The Balaban J connectivity index is 2.00. The second-order valence-electron chi connectivity index (χ2n) is 6.67. The largest absolute Gasteiger partial charge is 0.492 e. The van der Waals surface area contributed by atoms with E-state index in [9.17, 15) is 9.18 Å². The third kappa shape index (κ3) is 4.42. The maximum Gasteiger partial charge on any atom is 0.256 e. The SMILES string of the molecule is CCN(CC)C(=O)c1ccc(/C2=C/CCNCCOc3ccccc32)cc1F. The van der Waals surface area contributed by atoms with Crippen molar-refractivity contribution in [1.82, 2.24) is 10.2 Å². The summed E-state index contributed by atoms with van der Waals surface area (Å²) < 4.78 is 20.8. The number of nitrogens with one attached hydrogen (secondary N) is 1. The van der Waals surface area contributed by atoms with E-state index in [1.807, 2.05) is 44.2 Å². The first-order valence-corrected chi connectivity index (χ1v) is 9.88. The van der Waals surface area contributed by atoms with Gasteiger partial charge in [0.2, 0.25) is 0 Å². The van der Waals surface area contributed by atoms with Gasteiger partial charge in [0.25, 0.3) is 5.91 Å². The molecule has 0 saturated heterocycles. The zero-order valence-corrected chi connectivity index (χ0v) is 16.5. The van der Waals surface area contributed by atoms with Gasteiger partial charge in [0, 0.05) is 25.2 Å². The average molecular weight is 382 g/mol. The van der Waals surface area contributed by atoms with Crippen LogP contribution < -0.4 is 10.1 Å². The van der Waals surface area contributed by atoms with E-state index in [1.165, 1.54) is 6.07 Å².